The van der Waals surface area contributed by atoms with Crippen molar-refractivity contribution in [1.82, 2.24) is 4.31 Å². The van der Waals surface area contributed by atoms with E-state index in [0.717, 1.165) is 9.87 Å². The number of carbonyl (C=O) groups is 1. The standard InChI is InChI=1S/C17H17FN2O3S/c1-19(2)24(22,23)15-6-7-16-12(11-15)8-9-20(16)17(21)13-4-3-5-14(18)10-13/h3-7,10-11H,8-9H2,1-2H3. The first-order valence-electron chi connectivity index (χ1n) is 7.43. The average Bonchev–Trinajstić information content (AvgIpc) is 2.97. The van der Waals surface area contributed by atoms with E-state index in [1.54, 1.807) is 23.1 Å². The fourth-order valence-electron chi connectivity index (χ4n) is 2.74. The number of carbonyl (C=O) groups excluding carboxylic acids is 1. The highest BCUT2D eigenvalue weighted by Crippen LogP contribution is 2.32. The fraction of sp³-hybridized carbons (Fsp3) is 0.235. The van der Waals surface area contributed by atoms with Crippen LogP contribution in [0.15, 0.2) is 47.4 Å². The van der Waals surface area contributed by atoms with Gasteiger partial charge in [-0.25, -0.2) is 17.1 Å². The summed E-state index contributed by atoms with van der Waals surface area (Å²) in [4.78, 5) is 14.3. The molecule has 1 amide bonds. The van der Waals surface area contributed by atoms with Crippen molar-refractivity contribution < 1.29 is 17.6 Å². The average molecular weight is 348 g/mol. The lowest BCUT2D eigenvalue weighted by Crippen LogP contribution is -2.29. The molecule has 0 aromatic heterocycles. The molecule has 0 saturated heterocycles. The second-order valence-corrected chi connectivity index (χ2v) is 7.95. The molecule has 7 heteroatoms. The van der Waals surface area contributed by atoms with E-state index in [9.17, 15) is 17.6 Å². The SMILES string of the molecule is CN(C)S(=O)(=O)c1ccc2c(c1)CCN2C(=O)c1cccc(F)c1. The van der Waals surface area contributed by atoms with Crippen LogP contribution in [-0.2, 0) is 16.4 Å². The third-order valence-corrected chi connectivity index (χ3v) is 5.85. The molecule has 0 radical (unpaired) electrons. The van der Waals surface area contributed by atoms with Crippen LogP contribution < -0.4 is 4.90 Å². The summed E-state index contributed by atoms with van der Waals surface area (Å²) in [6.45, 7) is 0.441. The second kappa shape index (κ2) is 5.99. The molecule has 0 atom stereocenters. The summed E-state index contributed by atoms with van der Waals surface area (Å²) in [5, 5.41) is 0. The third-order valence-electron chi connectivity index (χ3n) is 4.04. The number of anilines is 1. The van der Waals surface area contributed by atoms with Gasteiger partial charge in [0.25, 0.3) is 5.91 Å². The largest absolute Gasteiger partial charge is 0.308 e. The predicted molar refractivity (Wildman–Crippen MR) is 89.1 cm³/mol. The van der Waals surface area contributed by atoms with Crippen LogP contribution in [0.3, 0.4) is 0 Å². The number of benzene rings is 2. The Bertz CT molecular complexity index is 910. The van der Waals surface area contributed by atoms with Crippen molar-refractivity contribution in [3.05, 3.63) is 59.4 Å². The summed E-state index contributed by atoms with van der Waals surface area (Å²) in [5.41, 5.74) is 1.73. The van der Waals surface area contributed by atoms with Gasteiger partial charge in [-0.15, -0.1) is 0 Å². The van der Waals surface area contributed by atoms with Crippen molar-refractivity contribution >= 4 is 21.6 Å². The van der Waals surface area contributed by atoms with E-state index >= 15 is 0 Å². The summed E-state index contributed by atoms with van der Waals surface area (Å²) in [6.07, 6.45) is 0.563. The Labute approximate surface area is 140 Å². The summed E-state index contributed by atoms with van der Waals surface area (Å²) in [6, 6.07) is 10.3. The Morgan fingerprint density at radius 2 is 1.92 bits per heavy atom. The molecule has 1 heterocycles. The first-order valence-corrected chi connectivity index (χ1v) is 8.87. The van der Waals surface area contributed by atoms with E-state index in [1.807, 2.05) is 0 Å². The van der Waals surface area contributed by atoms with E-state index in [-0.39, 0.29) is 16.4 Å². The number of fused-ring (bicyclic) bond motifs is 1. The quantitative estimate of drug-likeness (QED) is 0.855. The normalized spacial score (nSPS) is 14.1. The van der Waals surface area contributed by atoms with Gasteiger partial charge in [0.2, 0.25) is 10.0 Å². The highest BCUT2D eigenvalue weighted by Gasteiger charge is 2.28. The molecule has 0 spiro atoms. The minimum atomic E-state index is -3.51. The highest BCUT2D eigenvalue weighted by molar-refractivity contribution is 7.89. The predicted octanol–water partition coefficient (Wildman–Crippen LogP) is 2.28. The van der Waals surface area contributed by atoms with Crippen molar-refractivity contribution in [3.8, 4) is 0 Å². The molecule has 5 nitrogen and oxygen atoms in total. The molecular formula is C17H17FN2O3S. The van der Waals surface area contributed by atoms with Gasteiger partial charge in [-0.1, -0.05) is 6.07 Å². The zero-order chi connectivity index (χ0) is 17.5. The van der Waals surface area contributed by atoms with Gasteiger partial charge >= 0.3 is 0 Å². The molecule has 2 aromatic carbocycles. The van der Waals surface area contributed by atoms with E-state index in [4.69, 9.17) is 0 Å². The van der Waals surface area contributed by atoms with Crippen molar-refractivity contribution in [2.24, 2.45) is 0 Å². The first-order chi connectivity index (χ1) is 11.3. The second-order valence-electron chi connectivity index (χ2n) is 5.80. The van der Waals surface area contributed by atoms with E-state index in [2.05, 4.69) is 0 Å². The van der Waals surface area contributed by atoms with Crippen LogP contribution in [0.4, 0.5) is 10.1 Å². The van der Waals surface area contributed by atoms with Gasteiger partial charge < -0.3 is 4.90 Å². The summed E-state index contributed by atoms with van der Waals surface area (Å²) < 4.78 is 38.9. The molecule has 1 aliphatic rings. The summed E-state index contributed by atoms with van der Waals surface area (Å²) in [5.74, 6) is -0.760. The molecule has 0 fully saturated rings. The van der Waals surface area contributed by atoms with Crippen molar-refractivity contribution in [2.45, 2.75) is 11.3 Å². The van der Waals surface area contributed by atoms with Crippen molar-refractivity contribution in [3.63, 3.8) is 0 Å². The van der Waals surface area contributed by atoms with Crippen molar-refractivity contribution in [1.29, 1.82) is 0 Å². The van der Waals surface area contributed by atoms with Gasteiger partial charge in [0, 0.05) is 31.9 Å². The first kappa shape index (κ1) is 16.6. The molecule has 24 heavy (non-hydrogen) atoms. The van der Waals surface area contributed by atoms with E-state index in [1.165, 1.54) is 38.4 Å². The van der Waals surface area contributed by atoms with Crippen LogP contribution >= 0.6 is 0 Å². The molecule has 0 aliphatic carbocycles. The lowest BCUT2D eigenvalue weighted by molar-refractivity contribution is 0.0989. The van der Waals surface area contributed by atoms with Crippen molar-refractivity contribution in [2.75, 3.05) is 25.5 Å². The Hall–Kier alpha value is -2.25. The summed E-state index contributed by atoms with van der Waals surface area (Å²) in [7, 11) is -0.565. The molecule has 2 aromatic rings. The number of hydrogen-bond acceptors (Lipinski definition) is 3. The molecule has 0 unspecified atom stereocenters. The van der Waals surface area contributed by atoms with Crippen LogP contribution in [0.25, 0.3) is 0 Å². The summed E-state index contributed by atoms with van der Waals surface area (Å²) >= 11 is 0. The van der Waals surface area contributed by atoms with Crippen LogP contribution in [0.5, 0.6) is 0 Å². The van der Waals surface area contributed by atoms with Gasteiger partial charge in [0.05, 0.1) is 4.90 Å². The maximum Gasteiger partial charge on any atom is 0.258 e. The van der Waals surface area contributed by atoms with Gasteiger partial charge in [-0.3, -0.25) is 4.79 Å². The molecule has 0 saturated carbocycles. The lowest BCUT2D eigenvalue weighted by Gasteiger charge is -2.18. The number of hydrogen-bond donors (Lipinski definition) is 0. The number of amides is 1. The Kier molecular flexibility index (Phi) is 4.15. The third kappa shape index (κ3) is 2.81. The molecule has 1 aliphatic heterocycles. The van der Waals surface area contributed by atoms with Crippen LogP contribution in [-0.4, -0.2) is 39.3 Å². The Balaban J connectivity index is 1.95. The van der Waals surface area contributed by atoms with Gasteiger partial charge in [0.15, 0.2) is 0 Å². The zero-order valence-electron chi connectivity index (χ0n) is 13.4. The number of halogens is 1. The maximum atomic E-state index is 13.3. The van der Waals surface area contributed by atoms with Gasteiger partial charge in [-0.2, -0.15) is 0 Å². The Morgan fingerprint density at radius 1 is 1.17 bits per heavy atom. The van der Waals surface area contributed by atoms with Crippen LogP contribution in [0.1, 0.15) is 15.9 Å². The minimum Gasteiger partial charge on any atom is -0.308 e. The molecule has 0 bridgehead atoms. The van der Waals surface area contributed by atoms with E-state index in [0.29, 0.717) is 18.7 Å². The minimum absolute atomic E-state index is 0.200. The number of rotatable bonds is 3. The number of sulfonamides is 1. The van der Waals surface area contributed by atoms with E-state index < -0.39 is 15.8 Å². The number of nitrogens with zero attached hydrogens (tertiary/aromatic N) is 2. The topological polar surface area (TPSA) is 57.7 Å². The highest BCUT2D eigenvalue weighted by atomic mass is 32.2. The monoisotopic (exact) mass is 348 g/mol. The smallest absolute Gasteiger partial charge is 0.258 e. The molecule has 126 valence electrons. The Morgan fingerprint density at radius 3 is 2.58 bits per heavy atom. The lowest BCUT2D eigenvalue weighted by atomic mass is 10.1. The van der Waals surface area contributed by atoms with Gasteiger partial charge in [0.1, 0.15) is 5.82 Å². The van der Waals surface area contributed by atoms with Crippen LogP contribution in [0.2, 0.25) is 0 Å². The van der Waals surface area contributed by atoms with Gasteiger partial charge in [-0.05, 0) is 48.4 Å². The maximum absolute atomic E-state index is 13.3. The van der Waals surface area contributed by atoms with Crippen LogP contribution in [0, 0.1) is 5.82 Å². The molecule has 3 rings (SSSR count). The molecular weight excluding hydrogens is 331 g/mol. The zero-order valence-corrected chi connectivity index (χ0v) is 14.2. The molecule has 0 N–H and O–H groups in total. The fourth-order valence-corrected chi connectivity index (χ4v) is 3.69.